The van der Waals surface area contributed by atoms with Crippen LogP contribution in [0.1, 0.15) is 12.8 Å². The topological polar surface area (TPSA) is 43.4 Å². The minimum Gasteiger partial charge on any atom is -0.391 e. The number of esters is 2. The summed E-state index contributed by atoms with van der Waals surface area (Å²) in [5.41, 5.74) is -0.847. The van der Waals surface area contributed by atoms with Gasteiger partial charge in [-0.1, -0.05) is 12.2 Å². The Morgan fingerprint density at radius 2 is 2.10 bits per heavy atom. The van der Waals surface area contributed by atoms with Crippen molar-refractivity contribution in [3.8, 4) is 0 Å². The Bertz CT molecular complexity index is 225. The predicted octanol–water partition coefficient (Wildman–Crippen LogP) is 0.406. The number of hydrogen-bond acceptors (Lipinski definition) is 3. The molecule has 2 aliphatic rings. The molecule has 1 spiro atoms. The van der Waals surface area contributed by atoms with E-state index in [1.54, 1.807) is 6.08 Å². The summed E-state index contributed by atoms with van der Waals surface area (Å²) in [5, 5.41) is 0. The van der Waals surface area contributed by atoms with Gasteiger partial charge in [0.15, 0.2) is 5.41 Å². The molecule has 0 saturated carbocycles. The van der Waals surface area contributed by atoms with E-state index in [1.165, 1.54) is 0 Å². The molecular formula is C7H6O3. The van der Waals surface area contributed by atoms with Gasteiger partial charge in [0, 0.05) is 0 Å². The molecule has 1 aliphatic heterocycles. The van der Waals surface area contributed by atoms with Gasteiger partial charge in [-0.15, -0.1) is 0 Å². The molecule has 2 rings (SSSR count). The van der Waals surface area contributed by atoms with Gasteiger partial charge in [0.05, 0.1) is 0 Å². The van der Waals surface area contributed by atoms with Crippen LogP contribution in [0.5, 0.6) is 0 Å². The first-order valence-electron chi connectivity index (χ1n) is 3.20. The van der Waals surface area contributed by atoms with Crippen LogP contribution in [0.2, 0.25) is 0 Å². The van der Waals surface area contributed by atoms with Crippen molar-refractivity contribution in [3.05, 3.63) is 12.2 Å². The van der Waals surface area contributed by atoms with Gasteiger partial charge in [-0.05, 0) is 12.8 Å². The molecule has 0 N–H and O–H groups in total. The first-order valence-corrected chi connectivity index (χ1v) is 3.20. The van der Waals surface area contributed by atoms with E-state index >= 15 is 0 Å². The molecule has 0 aromatic rings. The molecule has 1 saturated heterocycles. The van der Waals surface area contributed by atoms with Gasteiger partial charge < -0.3 is 4.74 Å². The third-order valence-corrected chi connectivity index (χ3v) is 2.02. The zero-order chi connectivity index (χ0) is 7.19. The Balaban J connectivity index is 2.36. The number of allylic oxidation sites excluding steroid dienone is 1. The van der Waals surface area contributed by atoms with Gasteiger partial charge in [0.2, 0.25) is 0 Å². The fraction of sp³-hybridized carbons (Fsp3) is 0.429. The van der Waals surface area contributed by atoms with Crippen LogP contribution in [-0.4, -0.2) is 11.9 Å². The summed E-state index contributed by atoms with van der Waals surface area (Å²) in [4.78, 5) is 21.5. The number of rotatable bonds is 0. The molecule has 0 bridgehead atoms. The Morgan fingerprint density at radius 1 is 1.40 bits per heavy atom. The molecule has 3 nitrogen and oxygen atoms in total. The van der Waals surface area contributed by atoms with Crippen LogP contribution in [0, 0.1) is 5.41 Å². The molecule has 10 heavy (non-hydrogen) atoms. The van der Waals surface area contributed by atoms with Crippen LogP contribution in [0.15, 0.2) is 12.2 Å². The van der Waals surface area contributed by atoms with Gasteiger partial charge >= 0.3 is 11.9 Å². The SMILES string of the molecule is O=C1OC(=O)C12C=CCC2. The maximum atomic E-state index is 10.8. The van der Waals surface area contributed by atoms with E-state index in [9.17, 15) is 9.59 Å². The van der Waals surface area contributed by atoms with Gasteiger partial charge in [0.1, 0.15) is 0 Å². The van der Waals surface area contributed by atoms with Gasteiger partial charge in [-0.25, -0.2) is 9.59 Å². The largest absolute Gasteiger partial charge is 0.391 e. The van der Waals surface area contributed by atoms with Crippen molar-refractivity contribution in [1.29, 1.82) is 0 Å². The molecule has 3 heteroatoms. The second kappa shape index (κ2) is 1.48. The van der Waals surface area contributed by atoms with Gasteiger partial charge in [-0.2, -0.15) is 0 Å². The number of ether oxygens (including phenoxy) is 1. The quantitative estimate of drug-likeness (QED) is 0.276. The summed E-state index contributed by atoms with van der Waals surface area (Å²) in [5.74, 6) is -0.766. The van der Waals surface area contributed by atoms with E-state index in [4.69, 9.17) is 0 Å². The molecule has 0 aromatic heterocycles. The summed E-state index contributed by atoms with van der Waals surface area (Å²) in [6.45, 7) is 0. The number of hydrogen-bond donors (Lipinski definition) is 0. The maximum absolute atomic E-state index is 10.8. The highest BCUT2D eigenvalue weighted by Gasteiger charge is 2.57. The Hall–Kier alpha value is -1.12. The number of cyclic esters (lactones) is 2. The van der Waals surface area contributed by atoms with Crippen LogP contribution >= 0.6 is 0 Å². The lowest BCUT2D eigenvalue weighted by molar-refractivity contribution is -0.191. The zero-order valence-corrected chi connectivity index (χ0v) is 5.29. The normalized spacial score (nSPS) is 26.8. The fourth-order valence-corrected chi connectivity index (χ4v) is 1.32. The molecule has 52 valence electrons. The lowest BCUT2D eigenvalue weighted by Crippen LogP contribution is -2.50. The van der Waals surface area contributed by atoms with E-state index in [0.717, 1.165) is 6.42 Å². The predicted molar refractivity (Wildman–Crippen MR) is 31.9 cm³/mol. The van der Waals surface area contributed by atoms with Crippen molar-refractivity contribution in [2.45, 2.75) is 12.8 Å². The van der Waals surface area contributed by atoms with Crippen LogP contribution < -0.4 is 0 Å². The van der Waals surface area contributed by atoms with Gasteiger partial charge in [0.25, 0.3) is 0 Å². The Morgan fingerprint density at radius 3 is 2.40 bits per heavy atom. The molecule has 1 fully saturated rings. The highest BCUT2D eigenvalue weighted by molar-refractivity contribution is 6.16. The van der Waals surface area contributed by atoms with E-state index in [1.807, 2.05) is 6.08 Å². The lowest BCUT2D eigenvalue weighted by Gasteiger charge is -2.30. The minimum absolute atomic E-state index is 0.383. The third kappa shape index (κ3) is 0.417. The second-order valence-electron chi connectivity index (χ2n) is 2.59. The van der Waals surface area contributed by atoms with Crippen molar-refractivity contribution in [2.24, 2.45) is 5.41 Å². The highest BCUT2D eigenvalue weighted by Crippen LogP contribution is 2.41. The molecule has 0 unspecified atom stereocenters. The van der Waals surface area contributed by atoms with Crippen molar-refractivity contribution in [2.75, 3.05) is 0 Å². The first kappa shape index (κ1) is 5.65. The lowest BCUT2D eigenvalue weighted by atomic mass is 9.84. The van der Waals surface area contributed by atoms with Crippen molar-refractivity contribution >= 4 is 11.9 Å². The van der Waals surface area contributed by atoms with E-state index < -0.39 is 5.41 Å². The average molecular weight is 138 g/mol. The minimum atomic E-state index is -0.847. The van der Waals surface area contributed by atoms with Crippen LogP contribution in [0.3, 0.4) is 0 Å². The fourth-order valence-electron chi connectivity index (χ4n) is 1.32. The zero-order valence-electron chi connectivity index (χ0n) is 5.29. The summed E-state index contributed by atoms with van der Waals surface area (Å²) >= 11 is 0. The van der Waals surface area contributed by atoms with Crippen molar-refractivity contribution in [1.82, 2.24) is 0 Å². The van der Waals surface area contributed by atoms with E-state index in [-0.39, 0.29) is 11.9 Å². The van der Waals surface area contributed by atoms with E-state index in [2.05, 4.69) is 4.74 Å². The van der Waals surface area contributed by atoms with Crippen LogP contribution in [-0.2, 0) is 14.3 Å². The monoisotopic (exact) mass is 138 g/mol. The summed E-state index contributed by atoms with van der Waals surface area (Å²) in [6.07, 6.45) is 4.91. The molecule has 0 aromatic carbocycles. The molecular weight excluding hydrogens is 132 g/mol. The smallest absolute Gasteiger partial charge is 0.335 e. The summed E-state index contributed by atoms with van der Waals surface area (Å²) in [7, 11) is 0. The number of carbonyl (C=O) groups is 2. The highest BCUT2D eigenvalue weighted by atomic mass is 16.6. The molecule has 0 radical (unpaired) electrons. The summed E-state index contributed by atoms with van der Waals surface area (Å²) in [6, 6.07) is 0. The van der Waals surface area contributed by atoms with Crippen LogP contribution in [0.25, 0.3) is 0 Å². The summed E-state index contributed by atoms with van der Waals surface area (Å²) < 4.78 is 4.25. The van der Waals surface area contributed by atoms with Crippen molar-refractivity contribution < 1.29 is 14.3 Å². The second-order valence-corrected chi connectivity index (χ2v) is 2.59. The first-order chi connectivity index (χ1) is 4.76. The third-order valence-electron chi connectivity index (χ3n) is 2.02. The Labute approximate surface area is 57.7 Å². The van der Waals surface area contributed by atoms with Crippen LogP contribution in [0.4, 0.5) is 0 Å². The average Bonchev–Trinajstić information content (AvgIpc) is 2.37. The van der Waals surface area contributed by atoms with Crippen molar-refractivity contribution in [3.63, 3.8) is 0 Å². The molecule has 1 aliphatic carbocycles. The standard InChI is InChI=1S/C7H6O3/c8-5-7(6(9)10-5)3-1-2-4-7/h1,3H,2,4H2. The number of carbonyl (C=O) groups excluding carboxylic acids is 2. The maximum Gasteiger partial charge on any atom is 0.335 e. The molecule has 0 atom stereocenters. The van der Waals surface area contributed by atoms with Gasteiger partial charge in [-0.3, -0.25) is 0 Å². The Kier molecular flexibility index (Phi) is 0.836. The van der Waals surface area contributed by atoms with E-state index in [0.29, 0.717) is 6.42 Å². The molecule has 1 heterocycles. The molecule has 0 amide bonds.